The summed E-state index contributed by atoms with van der Waals surface area (Å²) in [5.41, 5.74) is 1.86. The van der Waals surface area contributed by atoms with Crippen LogP contribution >= 0.6 is 0 Å². The van der Waals surface area contributed by atoms with Crippen LogP contribution in [0.3, 0.4) is 0 Å². The normalized spacial score (nSPS) is 35.5. The minimum atomic E-state index is 0.280. The van der Waals surface area contributed by atoms with Crippen molar-refractivity contribution in [1.29, 1.82) is 0 Å². The van der Waals surface area contributed by atoms with E-state index in [1.54, 1.807) is 5.57 Å². The highest BCUT2D eigenvalue weighted by Gasteiger charge is 2.40. The Balaban J connectivity index is 1.59. The van der Waals surface area contributed by atoms with E-state index in [1.807, 2.05) is 0 Å². The lowest BCUT2D eigenvalue weighted by Crippen LogP contribution is -2.31. The third-order valence-corrected chi connectivity index (χ3v) is 4.68. The smallest absolute Gasteiger partial charge is 0.0767 e. The van der Waals surface area contributed by atoms with E-state index in [1.165, 1.54) is 64.3 Å². The van der Waals surface area contributed by atoms with E-state index in [4.69, 9.17) is 4.74 Å². The lowest BCUT2D eigenvalue weighted by atomic mass is 9.83. The van der Waals surface area contributed by atoms with Gasteiger partial charge in [-0.1, -0.05) is 30.9 Å². The Bertz CT molecular complexity index is 283. The third-order valence-electron chi connectivity index (χ3n) is 4.68. The molecule has 1 aliphatic carbocycles. The Morgan fingerprint density at radius 3 is 2.76 bits per heavy atom. The van der Waals surface area contributed by atoms with Crippen LogP contribution in [0.15, 0.2) is 11.6 Å². The van der Waals surface area contributed by atoms with Crippen LogP contribution in [0.25, 0.3) is 0 Å². The Kier molecular flexibility index (Phi) is 3.53. The lowest BCUT2D eigenvalue weighted by Gasteiger charge is -2.33. The maximum atomic E-state index is 6.39. The standard InChI is InChI=1S/C15H25NO/c1-2-7-15(8-3-1)9-6-14(17-15)11-13-5-4-10-16-12-13/h11,14,16H,1-10,12H2/b13-11-. The number of hydrogen-bond donors (Lipinski definition) is 1. The number of nitrogens with one attached hydrogen (secondary N) is 1. The molecule has 17 heavy (non-hydrogen) atoms. The Hall–Kier alpha value is -0.340. The molecular weight excluding hydrogens is 210 g/mol. The zero-order valence-electron chi connectivity index (χ0n) is 10.8. The summed E-state index contributed by atoms with van der Waals surface area (Å²) in [5, 5.41) is 3.46. The molecule has 1 unspecified atom stereocenters. The van der Waals surface area contributed by atoms with Crippen molar-refractivity contribution in [3.8, 4) is 0 Å². The fourth-order valence-electron chi connectivity index (χ4n) is 3.71. The lowest BCUT2D eigenvalue weighted by molar-refractivity contribution is -0.0483. The first-order valence-electron chi connectivity index (χ1n) is 7.44. The van der Waals surface area contributed by atoms with Gasteiger partial charge in [-0.05, 0) is 45.1 Å². The van der Waals surface area contributed by atoms with Crippen LogP contribution in [0.5, 0.6) is 0 Å². The molecule has 0 amide bonds. The van der Waals surface area contributed by atoms with Crippen LogP contribution < -0.4 is 5.32 Å². The summed E-state index contributed by atoms with van der Waals surface area (Å²) < 4.78 is 6.39. The molecule has 1 spiro atoms. The van der Waals surface area contributed by atoms with Gasteiger partial charge < -0.3 is 10.1 Å². The minimum Gasteiger partial charge on any atom is -0.368 e. The molecule has 3 rings (SSSR count). The summed E-state index contributed by atoms with van der Waals surface area (Å²) in [4.78, 5) is 0. The maximum Gasteiger partial charge on any atom is 0.0767 e. The summed E-state index contributed by atoms with van der Waals surface area (Å²) in [6, 6.07) is 0. The zero-order valence-corrected chi connectivity index (χ0v) is 10.8. The molecule has 0 aromatic carbocycles. The van der Waals surface area contributed by atoms with Gasteiger partial charge in [0.2, 0.25) is 0 Å². The van der Waals surface area contributed by atoms with Gasteiger partial charge in [0.25, 0.3) is 0 Å². The summed E-state index contributed by atoms with van der Waals surface area (Å²) in [5.74, 6) is 0. The molecule has 1 atom stereocenters. The average molecular weight is 235 g/mol. The number of rotatable bonds is 1. The van der Waals surface area contributed by atoms with Crippen LogP contribution in [0.2, 0.25) is 0 Å². The number of hydrogen-bond acceptors (Lipinski definition) is 2. The van der Waals surface area contributed by atoms with Gasteiger partial charge in [0.15, 0.2) is 0 Å². The molecule has 0 aromatic heterocycles. The quantitative estimate of drug-likeness (QED) is 0.705. The van der Waals surface area contributed by atoms with E-state index in [-0.39, 0.29) is 5.60 Å². The second-order valence-corrected chi connectivity index (χ2v) is 6.04. The highest BCUT2D eigenvalue weighted by molar-refractivity contribution is 5.11. The molecule has 2 saturated heterocycles. The van der Waals surface area contributed by atoms with E-state index in [9.17, 15) is 0 Å². The summed E-state index contributed by atoms with van der Waals surface area (Å²) in [6.07, 6.45) is 14.8. The molecule has 0 bridgehead atoms. The molecule has 1 saturated carbocycles. The topological polar surface area (TPSA) is 21.3 Å². The van der Waals surface area contributed by atoms with Gasteiger partial charge in [0.1, 0.15) is 0 Å². The molecule has 3 aliphatic rings. The molecule has 2 heterocycles. The molecule has 0 aromatic rings. The number of piperidine rings is 1. The summed E-state index contributed by atoms with van der Waals surface area (Å²) in [7, 11) is 0. The highest BCUT2D eigenvalue weighted by atomic mass is 16.5. The minimum absolute atomic E-state index is 0.280. The van der Waals surface area contributed by atoms with Crippen molar-refractivity contribution in [3.63, 3.8) is 0 Å². The largest absolute Gasteiger partial charge is 0.368 e. The van der Waals surface area contributed by atoms with E-state index in [0.29, 0.717) is 6.10 Å². The zero-order chi connectivity index (χ0) is 11.6. The van der Waals surface area contributed by atoms with Crippen molar-refractivity contribution >= 4 is 0 Å². The van der Waals surface area contributed by atoms with Crippen molar-refractivity contribution in [2.75, 3.05) is 13.1 Å². The summed E-state index contributed by atoms with van der Waals surface area (Å²) >= 11 is 0. The van der Waals surface area contributed by atoms with Crippen LogP contribution in [-0.2, 0) is 4.74 Å². The SMILES string of the molecule is C(=C1\CCCNC1)/C1CCC2(CCCCC2)O1. The van der Waals surface area contributed by atoms with Crippen molar-refractivity contribution in [2.45, 2.75) is 69.5 Å². The molecule has 3 fully saturated rings. The van der Waals surface area contributed by atoms with E-state index < -0.39 is 0 Å². The molecule has 1 N–H and O–H groups in total. The molecular formula is C15H25NO. The van der Waals surface area contributed by atoms with Gasteiger partial charge in [0, 0.05) is 6.54 Å². The predicted octanol–water partition coefficient (Wildman–Crippen LogP) is 3.18. The van der Waals surface area contributed by atoms with Gasteiger partial charge in [0.05, 0.1) is 11.7 Å². The van der Waals surface area contributed by atoms with Gasteiger partial charge >= 0.3 is 0 Å². The van der Waals surface area contributed by atoms with E-state index >= 15 is 0 Å². The first-order chi connectivity index (χ1) is 8.36. The second kappa shape index (κ2) is 5.11. The van der Waals surface area contributed by atoms with Crippen LogP contribution in [0.4, 0.5) is 0 Å². The first kappa shape index (κ1) is 11.7. The molecule has 2 aliphatic heterocycles. The molecule has 0 radical (unpaired) electrons. The van der Waals surface area contributed by atoms with Gasteiger partial charge in [-0.2, -0.15) is 0 Å². The van der Waals surface area contributed by atoms with Crippen LogP contribution in [-0.4, -0.2) is 24.8 Å². The second-order valence-electron chi connectivity index (χ2n) is 6.04. The average Bonchev–Trinajstić information content (AvgIpc) is 2.74. The number of ether oxygens (including phenoxy) is 1. The fraction of sp³-hybridized carbons (Fsp3) is 0.867. The fourth-order valence-corrected chi connectivity index (χ4v) is 3.71. The third kappa shape index (κ3) is 2.74. The van der Waals surface area contributed by atoms with Crippen LogP contribution in [0.1, 0.15) is 57.8 Å². The van der Waals surface area contributed by atoms with Gasteiger partial charge in [-0.25, -0.2) is 0 Å². The highest BCUT2D eigenvalue weighted by Crippen LogP contribution is 2.42. The molecule has 96 valence electrons. The van der Waals surface area contributed by atoms with Crippen molar-refractivity contribution < 1.29 is 4.74 Å². The maximum absolute atomic E-state index is 6.39. The Morgan fingerprint density at radius 1 is 1.12 bits per heavy atom. The van der Waals surface area contributed by atoms with E-state index in [2.05, 4.69) is 11.4 Å². The van der Waals surface area contributed by atoms with E-state index in [0.717, 1.165) is 6.54 Å². The van der Waals surface area contributed by atoms with Crippen LogP contribution in [0, 0.1) is 0 Å². The first-order valence-corrected chi connectivity index (χ1v) is 7.44. The Labute approximate surface area is 105 Å². The van der Waals surface area contributed by atoms with Gasteiger partial charge in [-0.3, -0.25) is 0 Å². The van der Waals surface area contributed by atoms with Crippen molar-refractivity contribution in [1.82, 2.24) is 5.32 Å². The monoisotopic (exact) mass is 235 g/mol. The van der Waals surface area contributed by atoms with Crippen molar-refractivity contribution in [2.24, 2.45) is 0 Å². The summed E-state index contributed by atoms with van der Waals surface area (Å²) in [6.45, 7) is 2.28. The molecule has 2 heteroatoms. The van der Waals surface area contributed by atoms with Gasteiger partial charge in [-0.15, -0.1) is 0 Å². The van der Waals surface area contributed by atoms with Crippen molar-refractivity contribution in [3.05, 3.63) is 11.6 Å². The Morgan fingerprint density at radius 2 is 2.00 bits per heavy atom. The molecule has 2 nitrogen and oxygen atoms in total. The predicted molar refractivity (Wildman–Crippen MR) is 70.1 cm³/mol.